The van der Waals surface area contributed by atoms with E-state index in [1.54, 1.807) is 54.6 Å². The van der Waals surface area contributed by atoms with Crippen molar-refractivity contribution in [2.75, 3.05) is 18.4 Å². The van der Waals surface area contributed by atoms with Crippen LogP contribution in [0, 0.1) is 19.7 Å². The number of H-pyrrole nitrogens is 1. The summed E-state index contributed by atoms with van der Waals surface area (Å²) < 4.78 is 47.9. The second-order valence-electron chi connectivity index (χ2n) is 11.8. The lowest BCUT2D eigenvalue weighted by Crippen LogP contribution is -2.44. The number of aromatic amines is 1. The first kappa shape index (κ1) is 33.7. The lowest BCUT2D eigenvalue weighted by molar-refractivity contribution is -0.159. The number of aldehydes is 1. The number of carbonyl (C=O) groups is 2. The highest BCUT2D eigenvalue weighted by Crippen LogP contribution is 2.36. The number of aromatic nitrogens is 4. The Hall–Kier alpha value is -5.20. The van der Waals surface area contributed by atoms with Crippen molar-refractivity contribution in [2.45, 2.75) is 32.9 Å². The van der Waals surface area contributed by atoms with Gasteiger partial charge in [0.15, 0.2) is 5.82 Å². The standard InChI is InChI=1S/C36H33ClF3N7O2/c1-21-16-25(17-28-22(2)44-45-33(21)28)34(49)42-27-9-10-32-31(19-27)43-35(46(32)3)36(39,40)47-13-11-23(12-14-47)30(6-4-5-15-48)41-20-24-7-8-26(37)18-29(24)38/h4-11,15-19,41H,12-14,20H2,1-3H3,(H,42,49)(H,44,45)/b5-4-,30-6-. The number of halogens is 4. The van der Waals surface area contributed by atoms with Crippen LogP contribution in [0.4, 0.5) is 18.9 Å². The van der Waals surface area contributed by atoms with Gasteiger partial charge in [0, 0.05) is 65.3 Å². The molecule has 0 radical (unpaired) electrons. The minimum absolute atomic E-state index is 0.00889. The number of rotatable bonds is 10. The summed E-state index contributed by atoms with van der Waals surface area (Å²) in [5.74, 6) is -1.24. The van der Waals surface area contributed by atoms with Gasteiger partial charge in [-0.05, 0) is 86.0 Å². The lowest BCUT2D eigenvalue weighted by atomic mass is 10.0. The zero-order chi connectivity index (χ0) is 34.9. The quantitative estimate of drug-likeness (QED) is 0.0620. The first-order valence-electron chi connectivity index (χ1n) is 15.5. The Bertz CT molecular complexity index is 2180. The molecule has 252 valence electrons. The number of fused-ring (bicyclic) bond motifs is 2. The van der Waals surface area contributed by atoms with Crippen molar-refractivity contribution in [3.8, 4) is 0 Å². The third kappa shape index (κ3) is 6.87. The highest BCUT2D eigenvalue weighted by Gasteiger charge is 2.44. The van der Waals surface area contributed by atoms with Crippen LogP contribution in [-0.4, -0.2) is 49.9 Å². The molecule has 0 fully saturated rings. The Morgan fingerprint density at radius 3 is 2.67 bits per heavy atom. The van der Waals surface area contributed by atoms with Crippen LogP contribution in [0.5, 0.6) is 0 Å². The van der Waals surface area contributed by atoms with Gasteiger partial charge in [0.1, 0.15) is 12.1 Å². The zero-order valence-electron chi connectivity index (χ0n) is 27.0. The number of amides is 1. The maximum atomic E-state index is 16.1. The van der Waals surface area contributed by atoms with Gasteiger partial charge in [-0.3, -0.25) is 14.7 Å². The average molecular weight is 688 g/mol. The van der Waals surface area contributed by atoms with Crippen molar-refractivity contribution < 1.29 is 22.8 Å². The maximum absolute atomic E-state index is 16.1. The predicted octanol–water partition coefficient (Wildman–Crippen LogP) is 7.22. The van der Waals surface area contributed by atoms with Crippen molar-refractivity contribution in [3.05, 3.63) is 123 Å². The van der Waals surface area contributed by atoms with E-state index in [4.69, 9.17) is 11.6 Å². The van der Waals surface area contributed by atoms with E-state index in [1.807, 2.05) is 13.8 Å². The van der Waals surface area contributed by atoms with Gasteiger partial charge in [0.05, 0.1) is 16.6 Å². The molecular formula is C36H33ClF3N7O2. The van der Waals surface area contributed by atoms with E-state index in [0.29, 0.717) is 39.8 Å². The Labute approximate surface area is 285 Å². The molecule has 2 aromatic heterocycles. The molecule has 0 saturated heterocycles. The number of alkyl halides is 2. The Morgan fingerprint density at radius 1 is 1.12 bits per heavy atom. The van der Waals surface area contributed by atoms with Crippen LogP contribution in [0.15, 0.2) is 84.1 Å². The molecule has 6 rings (SSSR count). The zero-order valence-corrected chi connectivity index (χ0v) is 27.7. The molecule has 0 spiro atoms. The topological polar surface area (TPSA) is 108 Å². The second kappa shape index (κ2) is 13.7. The fourth-order valence-corrected chi connectivity index (χ4v) is 6.10. The highest BCUT2D eigenvalue weighted by atomic mass is 35.5. The summed E-state index contributed by atoms with van der Waals surface area (Å²) in [5, 5.41) is 14.4. The summed E-state index contributed by atoms with van der Waals surface area (Å²) in [7, 11) is 1.54. The Kier molecular flexibility index (Phi) is 9.44. The number of hydrogen-bond donors (Lipinski definition) is 3. The van der Waals surface area contributed by atoms with Gasteiger partial charge in [-0.25, -0.2) is 14.3 Å². The van der Waals surface area contributed by atoms with E-state index < -0.39 is 17.7 Å². The molecule has 0 aliphatic carbocycles. The Balaban J connectivity index is 1.19. The van der Waals surface area contributed by atoms with Gasteiger partial charge >= 0.3 is 6.05 Å². The summed E-state index contributed by atoms with van der Waals surface area (Å²) in [6.45, 7) is 3.81. The van der Waals surface area contributed by atoms with Gasteiger partial charge < -0.3 is 15.2 Å². The number of nitrogens with zero attached hydrogens (tertiary/aromatic N) is 4. The van der Waals surface area contributed by atoms with Gasteiger partial charge in [-0.2, -0.15) is 13.9 Å². The largest absolute Gasteiger partial charge is 0.381 e. The molecule has 0 bridgehead atoms. The van der Waals surface area contributed by atoms with Crippen LogP contribution in [0.1, 0.15) is 39.4 Å². The molecule has 0 unspecified atom stereocenters. The number of allylic oxidation sites excluding steroid dienone is 4. The number of nitrogens with one attached hydrogen (secondary N) is 3. The molecule has 9 nitrogen and oxygen atoms in total. The maximum Gasteiger partial charge on any atom is 0.364 e. The summed E-state index contributed by atoms with van der Waals surface area (Å²) in [5.41, 5.74) is 5.88. The molecule has 0 saturated carbocycles. The monoisotopic (exact) mass is 687 g/mol. The first-order valence-corrected chi connectivity index (χ1v) is 15.9. The van der Waals surface area contributed by atoms with E-state index in [-0.39, 0.29) is 37.0 Å². The Morgan fingerprint density at radius 2 is 1.94 bits per heavy atom. The third-order valence-corrected chi connectivity index (χ3v) is 8.83. The number of imidazole rings is 1. The molecule has 3 N–H and O–H groups in total. The van der Waals surface area contributed by atoms with Gasteiger partial charge in [0.25, 0.3) is 5.91 Å². The molecule has 1 aliphatic rings. The van der Waals surface area contributed by atoms with E-state index in [9.17, 15) is 14.0 Å². The molecule has 1 aliphatic heterocycles. The number of aryl methyl sites for hydroxylation is 3. The summed E-state index contributed by atoms with van der Waals surface area (Å²) in [6, 6.07) is 9.36. The second-order valence-corrected chi connectivity index (χ2v) is 12.3. The fraction of sp³-hybridized carbons (Fsp3) is 0.222. The third-order valence-electron chi connectivity index (χ3n) is 8.60. The minimum Gasteiger partial charge on any atom is -0.381 e. The fourth-order valence-electron chi connectivity index (χ4n) is 5.94. The van der Waals surface area contributed by atoms with Crippen LogP contribution in [0.25, 0.3) is 21.9 Å². The lowest BCUT2D eigenvalue weighted by Gasteiger charge is -2.33. The number of hydrogen-bond acceptors (Lipinski definition) is 6. The summed E-state index contributed by atoms with van der Waals surface area (Å²) >= 11 is 5.87. The predicted molar refractivity (Wildman–Crippen MR) is 184 cm³/mol. The van der Waals surface area contributed by atoms with Crippen molar-refractivity contribution in [1.29, 1.82) is 0 Å². The summed E-state index contributed by atoms with van der Waals surface area (Å²) in [6.07, 6.45) is 7.06. The normalized spacial score (nSPS) is 14.5. The molecule has 0 atom stereocenters. The number of anilines is 1. The van der Waals surface area contributed by atoms with E-state index >= 15 is 8.78 Å². The van der Waals surface area contributed by atoms with Crippen molar-refractivity contribution in [3.63, 3.8) is 0 Å². The highest BCUT2D eigenvalue weighted by molar-refractivity contribution is 6.30. The number of benzene rings is 3. The van der Waals surface area contributed by atoms with Crippen LogP contribution >= 0.6 is 11.6 Å². The van der Waals surface area contributed by atoms with Crippen LogP contribution in [0.3, 0.4) is 0 Å². The molecule has 49 heavy (non-hydrogen) atoms. The molecule has 3 heterocycles. The molecule has 1 amide bonds. The SMILES string of the molecule is Cc1[nH]nc2c(C)cc(C(=O)Nc3ccc4c(c3)nc(C(F)(F)N3CC=C(/C(=C/C=C\C=O)NCc5ccc(Cl)cc5F)CC3)n4C)cc12. The van der Waals surface area contributed by atoms with Crippen molar-refractivity contribution in [1.82, 2.24) is 30.0 Å². The first-order chi connectivity index (χ1) is 23.5. The van der Waals surface area contributed by atoms with Crippen LogP contribution in [0.2, 0.25) is 5.02 Å². The van der Waals surface area contributed by atoms with Crippen LogP contribution < -0.4 is 10.6 Å². The van der Waals surface area contributed by atoms with Gasteiger partial charge in [-0.15, -0.1) is 0 Å². The molecule has 13 heteroatoms. The smallest absolute Gasteiger partial charge is 0.364 e. The van der Waals surface area contributed by atoms with Gasteiger partial charge in [-0.1, -0.05) is 29.8 Å². The van der Waals surface area contributed by atoms with Gasteiger partial charge in [0.2, 0.25) is 0 Å². The van der Waals surface area contributed by atoms with Crippen LogP contribution in [-0.2, 0) is 24.4 Å². The molecule has 5 aromatic rings. The number of carbonyl (C=O) groups excluding carboxylic acids is 2. The molecular weight excluding hydrogens is 655 g/mol. The molecule has 3 aromatic carbocycles. The average Bonchev–Trinajstić information content (AvgIpc) is 3.63. The van der Waals surface area contributed by atoms with E-state index in [1.165, 1.54) is 29.8 Å². The van der Waals surface area contributed by atoms with Crippen molar-refractivity contribution >= 4 is 51.4 Å². The van der Waals surface area contributed by atoms with E-state index in [0.717, 1.165) is 32.6 Å². The minimum atomic E-state index is -3.42. The van der Waals surface area contributed by atoms with E-state index in [2.05, 4.69) is 25.8 Å². The van der Waals surface area contributed by atoms with Crippen molar-refractivity contribution in [2.24, 2.45) is 7.05 Å². The summed E-state index contributed by atoms with van der Waals surface area (Å²) in [4.78, 5) is 29.4.